The van der Waals surface area contributed by atoms with Crippen LogP contribution in [-0.2, 0) is 21.2 Å². The van der Waals surface area contributed by atoms with Crippen LogP contribution in [0.25, 0.3) is 0 Å². The van der Waals surface area contributed by atoms with Crippen LogP contribution in [0.2, 0.25) is 0 Å². The Bertz CT molecular complexity index is 1020. The third-order valence-corrected chi connectivity index (χ3v) is 6.57. The minimum absolute atomic E-state index is 0.0419. The molecule has 0 spiro atoms. The van der Waals surface area contributed by atoms with Gasteiger partial charge >= 0.3 is 0 Å². The number of nitrogens with one attached hydrogen (secondary N) is 1. The van der Waals surface area contributed by atoms with Crippen LogP contribution in [0.4, 0.5) is 0 Å². The molecule has 2 amide bonds. The molecule has 1 N–H and O–H groups in total. The fourth-order valence-corrected chi connectivity index (χ4v) is 4.45. The van der Waals surface area contributed by atoms with Crippen molar-refractivity contribution in [3.8, 4) is 5.75 Å². The number of hydrogen-bond donors (Lipinski definition) is 1. The highest BCUT2D eigenvalue weighted by Crippen LogP contribution is 2.16. The molecule has 3 rings (SSSR count). The lowest BCUT2D eigenvalue weighted by atomic mass is 10.1. The average Bonchev–Trinajstić information content (AvgIpc) is 2.72. The van der Waals surface area contributed by atoms with Crippen molar-refractivity contribution in [3.63, 3.8) is 0 Å². The standard InChI is InChI=1S/C22H26N2O5S/c1-16-5-3-6-18(13-16)15-29-20-8-4-7-19(14-20)21(25)23-17(2)22(26)24-9-11-30(27,28)12-10-24/h3-8,13-14,17H,9-12,15H2,1-2H3,(H,23,25). The van der Waals surface area contributed by atoms with E-state index in [9.17, 15) is 18.0 Å². The number of hydrogen-bond acceptors (Lipinski definition) is 5. The molecule has 1 aliphatic heterocycles. The summed E-state index contributed by atoms with van der Waals surface area (Å²) in [6.45, 7) is 4.31. The second kappa shape index (κ2) is 9.30. The summed E-state index contributed by atoms with van der Waals surface area (Å²) in [4.78, 5) is 26.6. The minimum Gasteiger partial charge on any atom is -0.489 e. The summed E-state index contributed by atoms with van der Waals surface area (Å²) in [6, 6.07) is 14.0. The Balaban J connectivity index is 1.57. The lowest BCUT2D eigenvalue weighted by molar-refractivity contribution is -0.132. The summed E-state index contributed by atoms with van der Waals surface area (Å²) in [5.74, 6) is -0.199. The second-order valence-corrected chi connectivity index (χ2v) is 9.78. The first-order chi connectivity index (χ1) is 14.2. The summed E-state index contributed by atoms with van der Waals surface area (Å²) in [5, 5.41) is 2.69. The number of carbonyl (C=O) groups excluding carboxylic acids is 2. The molecule has 0 aromatic heterocycles. The Morgan fingerprint density at radius 2 is 1.80 bits per heavy atom. The maximum atomic E-state index is 12.6. The molecule has 30 heavy (non-hydrogen) atoms. The summed E-state index contributed by atoms with van der Waals surface area (Å²) >= 11 is 0. The number of nitrogens with zero attached hydrogens (tertiary/aromatic N) is 1. The molecule has 160 valence electrons. The first kappa shape index (κ1) is 21.8. The highest BCUT2D eigenvalue weighted by Gasteiger charge is 2.28. The van der Waals surface area contributed by atoms with Crippen LogP contribution >= 0.6 is 0 Å². The van der Waals surface area contributed by atoms with E-state index in [4.69, 9.17) is 4.74 Å². The van der Waals surface area contributed by atoms with Crippen LogP contribution in [-0.4, -0.2) is 55.8 Å². The number of amides is 2. The van der Waals surface area contributed by atoms with E-state index in [1.54, 1.807) is 31.2 Å². The normalized spacial score (nSPS) is 16.5. The number of aryl methyl sites for hydroxylation is 1. The molecule has 7 nitrogen and oxygen atoms in total. The van der Waals surface area contributed by atoms with Crippen LogP contribution in [0.5, 0.6) is 5.75 Å². The molecule has 1 aliphatic rings. The molecule has 8 heteroatoms. The Kier molecular flexibility index (Phi) is 6.77. The SMILES string of the molecule is Cc1cccc(COc2cccc(C(=O)NC(C)C(=O)N3CCS(=O)(=O)CC3)c2)c1. The van der Waals surface area contributed by atoms with E-state index in [0.29, 0.717) is 17.9 Å². The van der Waals surface area contributed by atoms with E-state index in [0.717, 1.165) is 11.1 Å². The van der Waals surface area contributed by atoms with Gasteiger partial charge in [-0.25, -0.2) is 8.42 Å². The summed E-state index contributed by atoms with van der Waals surface area (Å²) < 4.78 is 28.8. The average molecular weight is 431 g/mol. The monoisotopic (exact) mass is 430 g/mol. The number of carbonyl (C=O) groups is 2. The molecule has 1 unspecified atom stereocenters. The Labute approximate surface area is 177 Å². The number of sulfone groups is 1. The van der Waals surface area contributed by atoms with Crippen molar-refractivity contribution in [2.45, 2.75) is 26.5 Å². The quantitative estimate of drug-likeness (QED) is 0.756. The minimum atomic E-state index is -3.07. The van der Waals surface area contributed by atoms with Gasteiger partial charge in [0.1, 0.15) is 18.4 Å². The molecule has 1 fully saturated rings. The van der Waals surface area contributed by atoms with Crippen LogP contribution in [0.3, 0.4) is 0 Å². The molecule has 1 atom stereocenters. The van der Waals surface area contributed by atoms with Crippen molar-refractivity contribution in [3.05, 3.63) is 65.2 Å². The van der Waals surface area contributed by atoms with E-state index in [1.165, 1.54) is 4.90 Å². The molecule has 1 heterocycles. The van der Waals surface area contributed by atoms with Gasteiger partial charge < -0.3 is 15.0 Å². The zero-order valence-corrected chi connectivity index (χ0v) is 17.9. The van der Waals surface area contributed by atoms with Crippen LogP contribution in [0.1, 0.15) is 28.4 Å². The van der Waals surface area contributed by atoms with Gasteiger partial charge in [0.2, 0.25) is 5.91 Å². The van der Waals surface area contributed by atoms with Gasteiger partial charge in [0.15, 0.2) is 9.84 Å². The molecule has 0 saturated carbocycles. The highest BCUT2D eigenvalue weighted by molar-refractivity contribution is 7.91. The summed E-state index contributed by atoms with van der Waals surface area (Å²) in [7, 11) is -3.07. The van der Waals surface area contributed by atoms with Crippen molar-refractivity contribution in [1.29, 1.82) is 0 Å². The zero-order chi connectivity index (χ0) is 21.7. The number of rotatable bonds is 6. The third kappa shape index (κ3) is 5.82. The summed E-state index contributed by atoms with van der Waals surface area (Å²) in [6.07, 6.45) is 0. The van der Waals surface area contributed by atoms with Crippen molar-refractivity contribution in [2.24, 2.45) is 0 Å². The summed E-state index contributed by atoms with van der Waals surface area (Å²) in [5.41, 5.74) is 2.57. The maximum absolute atomic E-state index is 12.6. The maximum Gasteiger partial charge on any atom is 0.252 e. The highest BCUT2D eigenvalue weighted by atomic mass is 32.2. The van der Waals surface area contributed by atoms with Gasteiger partial charge in [-0.1, -0.05) is 35.9 Å². The number of ether oxygens (including phenoxy) is 1. The van der Waals surface area contributed by atoms with E-state index in [-0.39, 0.29) is 36.4 Å². The molecule has 2 aromatic carbocycles. The molecular formula is C22H26N2O5S. The first-order valence-electron chi connectivity index (χ1n) is 9.82. The van der Waals surface area contributed by atoms with E-state index in [1.807, 2.05) is 31.2 Å². The molecule has 0 radical (unpaired) electrons. The fraction of sp³-hybridized carbons (Fsp3) is 0.364. The van der Waals surface area contributed by atoms with Crippen molar-refractivity contribution < 1.29 is 22.7 Å². The fourth-order valence-electron chi connectivity index (χ4n) is 3.24. The van der Waals surface area contributed by atoms with Gasteiger partial charge in [0.25, 0.3) is 5.91 Å². The van der Waals surface area contributed by atoms with E-state index >= 15 is 0 Å². The Morgan fingerprint density at radius 1 is 1.10 bits per heavy atom. The topological polar surface area (TPSA) is 92.8 Å². The van der Waals surface area contributed by atoms with Gasteiger partial charge in [0.05, 0.1) is 11.5 Å². The lowest BCUT2D eigenvalue weighted by Crippen LogP contribution is -2.51. The molecule has 0 aliphatic carbocycles. The van der Waals surface area contributed by atoms with E-state index < -0.39 is 15.9 Å². The van der Waals surface area contributed by atoms with Gasteiger partial charge in [0, 0.05) is 18.7 Å². The van der Waals surface area contributed by atoms with Crippen LogP contribution in [0, 0.1) is 6.92 Å². The lowest BCUT2D eigenvalue weighted by Gasteiger charge is -2.29. The molecule has 0 bridgehead atoms. The predicted molar refractivity (Wildman–Crippen MR) is 114 cm³/mol. The van der Waals surface area contributed by atoms with Crippen LogP contribution < -0.4 is 10.1 Å². The predicted octanol–water partition coefficient (Wildman–Crippen LogP) is 1.95. The van der Waals surface area contributed by atoms with E-state index in [2.05, 4.69) is 5.32 Å². The zero-order valence-electron chi connectivity index (χ0n) is 17.1. The Hall–Kier alpha value is -2.87. The Morgan fingerprint density at radius 3 is 2.50 bits per heavy atom. The molecular weight excluding hydrogens is 404 g/mol. The largest absolute Gasteiger partial charge is 0.489 e. The van der Waals surface area contributed by atoms with Gasteiger partial charge in [-0.3, -0.25) is 9.59 Å². The van der Waals surface area contributed by atoms with Crippen molar-refractivity contribution >= 4 is 21.7 Å². The van der Waals surface area contributed by atoms with Gasteiger partial charge in [-0.05, 0) is 37.6 Å². The van der Waals surface area contributed by atoms with Crippen molar-refractivity contribution in [1.82, 2.24) is 10.2 Å². The van der Waals surface area contributed by atoms with Gasteiger partial charge in [-0.2, -0.15) is 0 Å². The first-order valence-corrected chi connectivity index (χ1v) is 11.6. The van der Waals surface area contributed by atoms with Gasteiger partial charge in [-0.15, -0.1) is 0 Å². The smallest absolute Gasteiger partial charge is 0.252 e. The van der Waals surface area contributed by atoms with Crippen molar-refractivity contribution in [2.75, 3.05) is 24.6 Å². The number of benzene rings is 2. The molecule has 2 aromatic rings. The molecule has 1 saturated heterocycles. The third-order valence-electron chi connectivity index (χ3n) is 4.96. The second-order valence-electron chi connectivity index (χ2n) is 7.48. The van der Waals surface area contributed by atoms with Crippen LogP contribution in [0.15, 0.2) is 48.5 Å².